The van der Waals surface area contributed by atoms with E-state index in [0.717, 1.165) is 30.1 Å². The van der Waals surface area contributed by atoms with Gasteiger partial charge in [-0.1, -0.05) is 30.3 Å². The molecule has 2 aromatic carbocycles. The molecule has 0 atom stereocenters. The van der Waals surface area contributed by atoms with E-state index in [1.54, 1.807) is 6.26 Å². The first-order valence-corrected chi connectivity index (χ1v) is 7.87. The topological polar surface area (TPSA) is 45.5 Å². The summed E-state index contributed by atoms with van der Waals surface area (Å²) < 4.78 is 5.35. The van der Waals surface area contributed by atoms with Gasteiger partial charge in [0.05, 0.1) is 12.8 Å². The smallest absolute Gasteiger partial charge is 0.255 e. The highest BCUT2D eigenvalue weighted by Gasteiger charge is 2.07. The molecule has 3 rings (SSSR count). The summed E-state index contributed by atoms with van der Waals surface area (Å²) in [6.45, 7) is 1.55. The highest BCUT2D eigenvalue weighted by molar-refractivity contribution is 6.04. The predicted molar refractivity (Wildman–Crippen MR) is 94.7 cm³/mol. The Balaban J connectivity index is 1.57. The van der Waals surface area contributed by atoms with Crippen molar-refractivity contribution in [3.63, 3.8) is 0 Å². The van der Waals surface area contributed by atoms with Gasteiger partial charge in [-0.3, -0.25) is 9.69 Å². The second-order valence-electron chi connectivity index (χ2n) is 5.77. The highest BCUT2D eigenvalue weighted by atomic mass is 16.3. The van der Waals surface area contributed by atoms with Gasteiger partial charge >= 0.3 is 0 Å². The van der Waals surface area contributed by atoms with Crippen LogP contribution in [0.1, 0.15) is 21.7 Å². The first-order chi connectivity index (χ1) is 11.7. The zero-order chi connectivity index (χ0) is 16.8. The van der Waals surface area contributed by atoms with Gasteiger partial charge in [0.25, 0.3) is 5.91 Å². The lowest BCUT2D eigenvalue weighted by molar-refractivity contribution is 0.102. The number of amides is 1. The van der Waals surface area contributed by atoms with Gasteiger partial charge in [-0.2, -0.15) is 0 Å². The van der Waals surface area contributed by atoms with Crippen molar-refractivity contribution in [2.24, 2.45) is 0 Å². The van der Waals surface area contributed by atoms with Crippen LogP contribution in [0.5, 0.6) is 0 Å². The van der Waals surface area contributed by atoms with E-state index in [-0.39, 0.29) is 5.91 Å². The molecule has 0 radical (unpaired) electrons. The normalized spacial score (nSPS) is 10.8. The van der Waals surface area contributed by atoms with E-state index in [4.69, 9.17) is 4.42 Å². The van der Waals surface area contributed by atoms with Gasteiger partial charge in [-0.05, 0) is 49.0 Å². The number of carbonyl (C=O) groups excluding carboxylic acids is 1. The van der Waals surface area contributed by atoms with Crippen LogP contribution in [0.25, 0.3) is 0 Å². The summed E-state index contributed by atoms with van der Waals surface area (Å²) >= 11 is 0. The average Bonchev–Trinajstić information content (AvgIpc) is 3.09. The number of benzene rings is 2. The van der Waals surface area contributed by atoms with Crippen molar-refractivity contribution in [3.05, 3.63) is 89.9 Å². The van der Waals surface area contributed by atoms with Gasteiger partial charge in [0.15, 0.2) is 0 Å². The lowest BCUT2D eigenvalue weighted by Crippen LogP contribution is -2.17. The number of nitrogens with one attached hydrogen (secondary N) is 1. The number of rotatable bonds is 6. The van der Waals surface area contributed by atoms with Crippen LogP contribution in [0.4, 0.5) is 5.69 Å². The molecule has 1 N–H and O–H groups in total. The SMILES string of the molecule is CN(Cc1ccc(C(=O)Nc2ccccc2)cc1)Cc1ccco1. The van der Waals surface area contributed by atoms with Crippen molar-refractivity contribution < 1.29 is 9.21 Å². The Morgan fingerprint density at radius 1 is 0.958 bits per heavy atom. The summed E-state index contributed by atoms with van der Waals surface area (Å²) in [5, 5.41) is 2.89. The maximum absolute atomic E-state index is 12.2. The fourth-order valence-corrected chi connectivity index (χ4v) is 2.52. The lowest BCUT2D eigenvalue weighted by atomic mass is 10.1. The number of anilines is 1. The van der Waals surface area contributed by atoms with E-state index in [1.807, 2.05) is 73.8 Å². The minimum Gasteiger partial charge on any atom is -0.468 e. The van der Waals surface area contributed by atoms with Crippen LogP contribution in [0.3, 0.4) is 0 Å². The van der Waals surface area contributed by atoms with Crippen molar-refractivity contribution in [2.75, 3.05) is 12.4 Å². The summed E-state index contributed by atoms with van der Waals surface area (Å²) in [7, 11) is 2.04. The minimum atomic E-state index is -0.100. The second-order valence-corrected chi connectivity index (χ2v) is 5.77. The fraction of sp³-hybridized carbons (Fsp3) is 0.150. The summed E-state index contributed by atoms with van der Waals surface area (Å²) in [5.74, 6) is 0.841. The molecule has 1 amide bonds. The van der Waals surface area contributed by atoms with Crippen molar-refractivity contribution in [1.29, 1.82) is 0 Å². The quantitative estimate of drug-likeness (QED) is 0.741. The minimum absolute atomic E-state index is 0.100. The highest BCUT2D eigenvalue weighted by Crippen LogP contribution is 2.12. The van der Waals surface area contributed by atoms with E-state index in [1.165, 1.54) is 0 Å². The summed E-state index contributed by atoms with van der Waals surface area (Å²) in [6, 6.07) is 21.0. The van der Waals surface area contributed by atoms with Crippen LogP contribution in [-0.4, -0.2) is 17.9 Å². The van der Waals surface area contributed by atoms with Crippen LogP contribution in [-0.2, 0) is 13.1 Å². The van der Waals surface area contributed by atoms with Crippen molar-refractivity contribution in [3.8, 4) is 0 Å². The molecule has 0 saturated carbocycles. The Hall–Kier alpha value is -2.85. The van der Waals surface area contributed by atoms with Gasteiger partial charge in [0, 0.05) is 17.8 Å². The molecule has 122 valence electrons. The van der Waals surface area contributed by atoms with Gasteiger partial charge in [-0.15, -0.1) is 0 Å². The number of furan rings is 1. The van der Waals surface area contributed by atoms with Gasteiger partial charge in [0.1, 0.15) is 5.76 Å². The molecule has 0 saturated heterocycles. The summed E-state index contributed by atoms with van der Waals surface area (Å²) in [6.07, 6.45) is 1.68. The maximum atomic E-state index is 12.2. The molecule has 0 spiro atoms. The molecule has 1 heterocycles. The Morgan fingerprint density at radius 3 is 2.38 bits per heavy atom. The molecule has 0 bridgehead atoms. The van der Waals surface area contributed by atoms with Crippen molar-refractivity contribution >= 4 is 11.6 Å². The fourth-order valence-electron chi connectivity index (χ4n) is 2.52. The Labute approximate surface area is 141 Å². The second kappa shape index (κ2) is 7.62. The van der Waals surface area contributed by atoms with Crippen LogP contribution < -0.4 is 5.32 Å². The zero-order valence-corrected chi connectivity index (χ0v) is 13.6. The van der Waals surface area contributed by atoms with Crippen LogP contribution in [0, 0.1) is 0 Å². The Morgan fingerprint density at radius 2 is 1.71 bits per heavy atom. The van der Waals surface area contributed by atoms with Gasteiger partial charge in [-0.25, -0.2) is 0 Å². The molecule has 0 unspecified atom stereocenters. The van der Waals surface area contributed by atoms with Crippen LogP contribution in [0.15, 0.2) is 77.4 Å². The molecule has 0 aliphatic carbocycles. The average molecular weight is 320 g/mol. The van der Waals surface area contributed by atoms with Crippen LogP contribution in [0.2, 0.25) is 0 Å². The van der Waals surface area contributed by atoms with Gasteiger partial charge < -0.3 is 9.73 Å². The standard InChI is InChI=1S/C20H20N2O2/c1-22(15-19-8-5-13-24-19)14-16-9-11-17(12-10-16)20(23)21-18-6-3-2-4-7-18/h2-13H,14-15H2,1H3,(H,21,23). The Kier molecular flexibility index (Phi) is 5.08. The van der Waals surface area contributed by atoms with E-state index < -0.39 is 0 Å². The molecule has 0 fully saturated rings. The molecule has 1 aromatic heterocycles. The maximum Gasteiger partial charge on any atom is 0.255 e. The molecular formula is C20H20N2O2. The van der Waals surface area contributed by atoms with Crippen molar-refractivity contribution in [1.82, 2.24) is 4.90 Å². The molecule has 4 heteroatoms. The Bertz CT molecular complexity index is 765. The largest absolute Gasteiger partial charge is 0.468 e. The number of hydrogen-bond acceptors (Lipinski definition) is 3. The van der Waals surface area contributed by atoms with Crippen molar-refractivity contribution in [2.45, 2.75) is 13.1 Å². The van der Waals surface area contributed by atoms with Gasteiger partial charge in [0.2, 0.25) is 0 Å². The van der Waals surface area contributed by atoms with E-state index in [0.29, 0.717) is 5.56 Å². The number of carbonyl (C=O) groups is 1. The third kappa shape index (κ3) is 4.33. The molecule has 3 aromatic rings. The summed E-state index contributed by atoms with van der Waals surface area (Å²) in [4.78, 5) is 14.4. The number of nitrogens with zero attached hydrogens (tertiary/aromatic N) is 1. The summed E-state index contributed by atoms with van der Waals surface area (Å²) in [5.41, 5.74) is 2.60. The molecule has 4 nitrogen and oxygen atoms in total. The van der Waals surface area contributed by atoms with E-state index in [2.05, 4.69) is 10.2 Å². The molecule has 0 aliphatic heterocycles. The lowest BCUT2D eigenvalue weighted by Gasteiger charge is -2.15. The third-order valence-electron chi connectivity index (χ3n) is 3.71. The van der Waals surface area contributed by atoms with E-state index in [9.17, 15) is 4.79 Å². The number of hydrogen-bond donors (Lipinski definition) is 1. The molecular weight excluding hydrogens is 300 g/mol. The number of para-hydroxylation sites is 1. The first kappa shape index (κ1) is 16.0. The molecule has 24 heavy (non-hydrogen) atoms. The predicted octanol–water partition coefficient (Wildman–Crippen LogP) is 4.16. The van der Waals surface area contributed by atoms with E-state index >= 15 is 0 Å². The molecule has 0 aliphatic rings. The zero-order valence-electron chi connectivity index (χ0n) is 13.6. The third-order valence-corrected chi connectivity index (χ3v) is 3.71. The first-order valence-electron chi connectivity index (χ1n) is 7.87. The van der Waals surface area contributed by atoms with Crippen LogP contribution >= 0.6 is 0 Å². The monoisotopic (exact) mass is 320 g/mol.